The molecule has 7 heteroatoms. The average Bonchev–Trinajstić information content (AvgIpc) is 2.56. The largest absolute Gasteiger partial charge is 0.469 e. The van der Waals surface area contributed by atoms with Crippen molar-refractivity contribution >= 4 is 17.9 Å². The Morgan fingerprint density at radius 1 is 1.09 bits per heavy atom. The summed E-state index contributed by atoms with van der Waals surface area (Å²) in [5, 5.41) is 0. The van der Waals surface area contributed by atoms with E-state index in [2.05, 4.69) is 31.0 Å². The van der Waals surface area contributed by atoms with E-state index in [0.717, 1.165) is 0 Å². The number of hydrogen-bond acceptors (Lipinski definition) is 7. The fourth-order valence-electron chi connectivity index (χ4n) is 1.47. The minimum Gasteiger partial charge on any atom is -0.469 e. The zero-order chi connectivity index (χ0) is 16.5. The van der Waals surface area contributed by atoms with Gasteiger partial charge < -0.3 is 14.2 Å². The van der Waals surface area contributed by atoms with E-state index in [0.29, 0.717) is 5.56 Å². The number of methoxy groups -OCH3 is 3. The fourth-order valence-corrected chi connectivity index (χ4v) is 1.47. The van der Waals surface area contributed by atoms with Crippen molar-refractivity contribution in [3.63, 3.8) is 0 Å². The van der Waals surface area contributed by atoms with Crippen molar-refractivity contribution in [3.8, 4) is 11.8 Å². The number of carbonyl (C=O) groups is 3. The number of carbonyl (C=O) groups excluding carboxylic acids is 3. The predicted molar refractivity (Wildman–Crippen MR) is 75.0 cm³/mol. The van der Waals surface area contributed by atoms with Crippen LogP contribution in [0.5, 0.6) is 0 Å². The molecule has 116 valence electrons. The summed E-state index contributed by atoms with van der Waals surface area (Å²) in [5.74, 6) is 3.76. The molecule has 0 aliphatic heterocycles. The zero-order valence-electron chi connectivity index (χ0n) is 12.5. The number of esters is 3. The maximum absolute atomic E-state index is 11.7. The molecule has 22 heavy (non-hydrogen) atoms. The molecule has 0 aliphatic rings. The minimum absolute atomic E-state index is 0.0250. The summed E-state index contributed by atoms with van der Waals surface area (Å²) < 4.78 is 13.7. The van der Waals surface area contributed by atoms with Gasteiger partial charge >= 0.3 is 17.9 Å². The van der Waals surface area contributed by atoms with Gasteiger partial charge in [0.05, 0.1) is 38.9 Å². The minimum atomic E-state index is -0.671. The van der Waals surface area contributed by atoms with Gasteiger partial charge in [0.25, 0.3) is 0 Å². The Morgan fingerprint density at radius 2 is 1.77 bits per heavy atom. The van der Waals surface area contributed by atoms with Crippen LogP contribution in [-0.2, 0) is 19.0 Å². The van der Waals surface area contributed by atoms with Crippen molar-refractivity contribution in [2.24, 2.45) is 0 Å². The lowest BCUT2D eigenvalue weighted by Gasteiger charge is -2.04. The SMILES string of the molecule is COC(=O)CCC#Cc1cnc(C(=O)OC)cc1C(=O)OC. The van der Waals surface area contributed by atoms with E-state index < -0.39 is 11.9 Å². The van der Waals surface area contributed by atoms with Gasteiger partial charge in [-0.15, -0.1) is 0 Å². The molecule has 1 rings (SSSR count). The second kappa shape index (κ2) is 8.42. The Hall–Kier alpha value is -2.88. The maximum atomic E-state index is 11.7. The molecule has 0 aromatic carbocycles. The normalized spacial score (nSPS) is 9.23. The van der Waals surface area contributed by atoms with Crippen molar-refractivity contribution < 1.29 is 28.6 Å². The first kappa shape index (κ1) is 17.2. The predicted octanol–water partition coefficient (Wildman–Crippen LogP) is 0.959. The quantitative estimate of drug-likeness (QED) is 0.465. The number of aromatic nitrogens is 1. The van der Waals surface area contributed by atoms with E-state index in [1.54, 1.807) is 0 Å². The van der Waals surface area contributed by atoms with E-state index >= 15 is 0 Å². The monoisotopic (exact) mass is 305 g/mol. The van der Waals surface area contributed by atoms with E-state index in [9.17, 15) is 14.4 Å². The van der Waals surface area contributed by atoms with E-state index in [1.165, 1.54) is 33.6 Å². The molecule has 7 nitrogen and oxygen atoms in total. The highest BCUT2D eigenvalue weighted by atomic mass is 16.5. The standard InChI is InChI=1S/C15H15NO6/c1-20-13(17)7-5-4-6-10-9-16-12(15(19)22-3)8-11(10)14(18)21-2/h8-9H,5,7H2,1-3H3. The van der Waals surface area contributed by atoms with Gasteiger partial charge in [-0.25, -0.2) is 14.6 Å². The zero-order valence-corrected chi connectivity index (χ0v) is 12.5. The molecular formula is C15H15NO6. The lowest BCUT2D eigenvalue weighted by Crippen LogP contribution is -2.10. The first-order chi connectivity index (χ1) is 10.5. The highest BCUT2D eigenvalue weighted by Gasteiger charge is 2.16. The number of ether oxygens (including phenoxy) is 3. The molecular weight excluding hydrogens is 290 g/mol. The van der Waals surface area contributed by atoms with Crippen LogP contribution in [0, 0.1) is 11.8 Å². The first-order valence-electron chi connectivity index (χ1n) is 6.25. The Morgan fingerprint density at radius 3 is 2.36 bits per heavy atom. The summed E-state index contributed by atoms with van der Waals surface area (Å²) in [6.45, 7) is 0. The van der Waals surface area contributed by atoms with Gasteiger partial charge in [0.2, 0.25) is 0 Å². The van der Waals surface area contributed by atoms with Crippen molar-refractivity contribution in [1.29, 1.82) is 0 Å². The van der Waals surface area contributed by atoms with Crippen LogP contribution in [-0.4, -0.2) is 44.2 Å². The third kappa shape index (κ3) is 4.59. The lowest BCUT2D eigenvalue weighted by atomic mass is 10.1. The van der Waals surface area contributed by atoms with Crippen LogP contribution in [0.4, 0.5) is 0 Å². The van der Waals surface area contributed by atoms with Crippen molar-refractivity contribution in [2.75, 3.05) is 21.3 Å². The highest BCUT2D eigenvalue weighted by molar-refractivity contribution is 5.96. The summed E-state index contributed by atoms with van der Waals surface area (Å²) in [5.41, 5.74) is 0.371. The molecule has 0 amide bonds. The van der Waals surface area contributed by atoms with Crippen molar-refractivity contribution in [3.05, 3.63) is 29.1 Å². The number of hydrogen-bond donors (Lipinski definition) is 0. The van der Waals surface area contributed by atoms with Crippen LogP contribution in [0.15, 0.2) is 12.3 Å². The van der Waals surface area contributed by atoms with Crippen molar-refractivity contribution in [1.82, 2.24) is 4.98 Å². The molecule has 1 heterocycles. The van der Waals surface area contributed by atoms with Gasteiger partial charge in [0.1, 0.15) is 5.69 Å². The maximum Gasteiger partial charge on any atom is 0.356 e. The molecule has 0 unspecified atom stereocenters. The summed E-state index contributed by atoms with van der Waals surface area (Å²) in [4.78, 5) is 38.0. The number of pyridine rings is 1. The molecule has 0 bridgehead atoms. The summed E-state index contributed by atoms with van der Waals surface area (Å²) in [6.07, 6.45) is 1.69. The van der Waals surface area contributed by atoms with Crippen LogP contribution < -0.4 is 0 Å². The third-order valence-corrected chi connectivity index (χ3v) is 2.61. The van der Waals surface area contributed by atoms with Gasteiger partial charge in [-0.05, 0) is 6.07 Å². The highest BCUT2D eigenvalue weighted by Crippen LogP contribution is 2.11. The Bertz CT molecular complexity index is 641. The van der Waals surface area contributed by atoms with Crippen molar-refractivity contribution in [2.45, 2.75) is 12.8 Å². The lowest BCUT2D eigenvalue weighted by molar-refractivity contribution is -0.140. The van der Waals surface area contributed by atoms with E-state index in [4.69, 9.17) is 0 Å². The Balaban J connectivity index is 3.03. The molecule has 0 atom stereocenters. The Labute approximate surface area is 127 Å². The molecule has 0 radical (unpaired) electrons. The van der Waals surface area contributed by atoms with E-state index in [1.807, 2.05) is 0 Å². The van der Waals surface area contributed by atoms with Gasteiger partial charge in [0, 0.05) is 12.6 Å². The number of rotatable bonds is 4. The molecule has 0 aliphatic carbocycles. The molecule has 0 spiro atoms. The van der Waals surface area contributed by atoms with E-state index in [-0.39, 0.29) is 30.1 Å². The van der Waals surface area contributed by atoms with Gasteiger partial charge in [-0.1, -0.05) is 11.8 Å². The summed E-state index contributed by atoms with van der Waals surface area (Å²) >= 11 is 0. The van der Waals surface area contributed by atoms with Crippen LogP contribution in [0.2, 0.25) is 0 Å². The number of nitrogens with zero attached hydrogens (tertiary/aromatic N) is 1. The summed E-state index contributed by atoms with van der Waals surface area (Å²) in [6, 6.07) is 1.25. The third-order valence-electron chi connectivity index (χ3n) is 2.61. The van der Waals surface area contributed by atoms with Gasteiger partial charge in [-0.2, -0.15) is 0 Å². The molecule has 0 N–H and O–H groups in total. The average molecular weight is 305 g/mol. The molecule has 1 aromatic heterocycles. The first-order valence-corrected chi connectivity index (χ1v) is 6.25. The summed E-state index contributed by atoms with van der Waals surface area (Å²) in [7, 11) is 3.72. The van der Waals surface area contributed by atoms with Crippen LogP contribution in [0.3, 0.4) is 0 Å². The second-order valence-corrected chi connectivity index (χ2v) is 3.98. The second-order valence-electron chi connectivity index (χ2n) is 3.98. The smallest absolute Gasteiger partial charge is 0.356 e. The van der Waals surface area contributed by atoms with Crippen LogP contribution >= 0.6 is 0 Å². The topological polar surface area (TPSA) is 91.8 Å². The van der Waals surface area contributed by atoms with Gasteiger partial charge in [-0.3, -0.25) is 4.79 Å². The Kier molecular flexibility index (Phi) is 6.57. The van der Waals surface area contributed by atoms with Gasteiger partial charge in [0.15, 0.2) is 0 Å². The van der Waals surface area contributed by atoms with Crippen LogP contribution in [0.1, 0.15) is 39.3 Å². The fraction of sp³-hybridized carbons (Fsp3) is 0.333. The molecule has 0 saturated carbocycles. The van der Waals surface area contributed by atoms with Crippen LogP contribution in [0.25, 0.3) is 0 Å². The molecule has 0 fully saturated rings. The molecule has 0 saturated heterocycles. The molecule has 1 aromatic rings.